The van der Waals surface area contributed by atoms with Crippen LogP contribution in [0, 0.1) is 0 Å². The molecule has 1 aliphatic carbocycles. The molecule has 3 N–H and O–H groups in total. The molecule has 0 bridgehead atoms. The molecule has 0 saturated heterocycles. The first-order valence-electron chi connectivity index (χ1n) is 7.23. The maximum Gasteiger partial charge on any atom is 0.261 e. The normalized spacial score (nSPS) is 14.5. The second-order valence-corrected chi connectivity index (χ2v) is 5.82. The molecule has 0 unspecified atom stereocenters. The highest BCUT2D eigenvalue weighted by atomic mass is 127. The SMILES string of the molecule is CN=C(NCCCNC(=O)c1cccs1)NC1CC=CC1.I. The standard InChI is InChI=1S/C15H22N4OS.HI/c1-16-15(19-12-6-2-3-7-12)18-10-5-9-17-14(20)13-8-4-11-21-13;/h2-4,8,11-12H,5-7,9-10H2,1H3,(H,17,20)(H2,16,18,19);1H. The van der Waals surface area contributed by atoms with Gasteiger partial charge in [0.25, 0.3) is 5.91 Å². The number of aliphatic imine (C=N–C) groups is 1. The smallest absolute Gasteiger partial charge is 0.261 e. The summed E-state index contributed by atoms with van der Waals surface area (Å²) >= 11 is 1.46. The van der Waals surface area contributed by atoms with Gasteiger partial charge in [-0.25, -0.2) is 0 Å². The molecular weight excluding hydrogens is 411 g/mol. The van der Waals surface area contributed by atoms with Crippen LogP contribution < -0.4 is 16.0 Å². The zero-order valence-electron chi connectivity index (χ0n) is 12.7. The number of hydrogen-bond acceptors (Lipinski definition) is 3. The Balaban J connectivity index is 0.00000242. The first-order chi connectivity index (χ1) is 10.3. The van der Waals surface area contributed by atoms with Crippen molar-refractivity contribution in [3.8, 4) is 0 Å². The van der Waals surface area contributed by atoms with Gasteiger partial charge < -0.3 is 16.0 Å². The van der Waals surface area contributed by atoms with E-state index in [1.807, 2.05) is 17.5 Å². The highest BCUT2D eigenvalue weighted by molar-refractivity contribution is 14.0. The van der Waals surface area contributed by atoms with E-state index in [9.17, 15) is 4.79 Å². The number of rotatable bonds is 6. The number of thiophene rings is 1. The van der Waals surface area contributed by atoms with Gasteiger partial charge >= 0.3 is 0 Å². The van der Waals surface area contributed by atoms with Crippen LogP contribution in [-0.4, -0.2) is 38.0 Å². The summed E-state index contributed by atoms with van der Waals surface area (Å²) in [6.07, 6.45) is 7.34. The van der Waals surface area contributed by atoms with E-state index in [1.54, 1.807) is 7.05 Å². The predicted molar refractivity (Wildman–Crippen MR) is 103 cm³/mol. The molecule has 7 heteroatoms. The third-order valence-electron chi connectivity index (χ3n) is 3.25. The monoisotopic (exact) mass is 434 g/mol. The molecule has 1 aromatic heterocycles. The number of carbonyl (C=O) groups is 1. The fourth-order valence-corrected chi connectivity index (χ4v) is 2.76. The zero-order valence-corrected chi connectivity index (χ0v) is 15.8. The number of guanidine groups is 1. The lowest BCUT2D eigenvalue weighted by molar-refractivity contribution is 0.0957. The van der Waals surface area contributed by atoms with Crippen LogP contribution in [0.3, 0.4) is 0 Å². The molecular formula is C15H23IN4OS. The van der Waals surface area contributed by atoms with Crippen LogP contribution in [0.2, 0.25) is 0 Å². The maximum atomic E-state index is 11.7. The minimum atomic E-state index is 0. The van der Waals surface area contributed by atoms with Crippen LogP contribution in [0.1, 0.15) is 28.9 Å². The van der Waals surface area contributed by atoms with Gasteiger partial charge in [-0.2, -0.15) is 0 Å². The van der Waals surface area contributed by atoms with E-state index in [2.05, 4.69) is 33.1 Å². The number of carbonyl (C=O) groups excluding carboxylic acids is 1. The number of halogens is 1. The van der Waals surface area contributed by atoms with Crippen molar-refractivity contribution < 1.29 is 4.79 Å². The molecule has 1 heterocycles. The molecule has 0 aromatic carbocycles. The quantitative estimate of drug-likeness (QED) is 0.212. The van der Waals surface area contributed by atoms with E-state index in [0.29, 0.717) is 12.6 Å². The second-order valence-electron chi connectivity index (χ2n) is 4.87. The van der Waals surface area contributed by atoms with Gasteiger partial charge in [0.2, 0.25) is 0 Å². The van der Waals surface area contributed by atoms with Crippen molar-refractivity contribution in [1.82, 2.24) is 16.0 Å². The topological polar surface area (TPSA) is 65.5 Å². The van der Waals surface area contributed by atoms with E-state index < -0.39 is 0 Å². The summed E-state index contributed by atoms with van der Waals surface area (Å²) in [5.41, 5.74) is 0. The lowest BCUT2D eigenvalue weighted by Crippen LogP contribution is -2.43. The number of hydrogen-bond donors (Lipinski definition) is 3. The Morgan fingerprint density at radius 3 is 2.68 bits per heavy atom. The average Bonchev–Trinajstić information content (AvgIpc) is 3.18. The van der Waals surface area contributed by atoms with Crippen molar-refractivity contribution in [3.05, 3.63) is 34.5 Å². The van der Waals surface area contributed by atoms with Crippen LogP contribution in [0.25, 0.3) is 0 Å². The fraction of sp³-hybridized carbons (Fsp3) is 0.467. The highest BCUT2D eigenvalue weighted by Gasteiger charge is 2.11. The first-order valence-corrected chi connectivity index (χ1v) is 8.11. The lowest BCUT2D eigenvalue weighted by atomic mass is 10.2. The summed E-state index contributed by atoms with van der Waals surface area (Å²) in [7, 11) is 1.77. The predicted octanol–water partition coefficient (Wildman–Crippen LogP) is 2.37. The van der Waals surface area contributed by atoms with Crippen molar-refractivity contribution in [2.45, 2.75) is 25.3 Å². The maximum absolute atomic E-state index is 11.7. The number of amides is 1. The van der Waals surface area contributed by atoms with Gasteiger partial charge in [0.1, 0.15) is 0 Å². The Hall–Kier alpha value is -1.09. The van der Waals surface area contributed by atoms with Crippen LogP contribution in [0.4, 0.5) is 0 Å². The van der Waals surface area contributed by atoms with Crippen molar-refractivity contribution in [1.29, 1.82) is 0 Å². The Morgan fingerprint density at radius 2 is 2.05 bits per heavy atom. The minimum absolute atomic E-state index is 0. The number of nitrogens with one attached hydrogen (secondary N) is 3. The molecule has 0 radical (unpaired) electrons. The Kier molecular flexibility index (Phi) is 9.14. The Morgan fingerprint density at radius 1 is 1.32 bits per heavy atom. The summed E-state index contributed by atoms with van der Waals surface area (Å²) < 4.78 is 0. The van der Waals surface area contributed by atoms with Crippen molar-refractivity contribution >= 4 is 47.2 Å². The second kappa shape index (κ2) is 10.6. The minimum Gasteiger partial charge on any atom is -0.356 e. The first kappa shape index (κ1) is 19.0. The van der Waals surface area contributed by atoms with Gasteiger partial charge in [0.15, 0.2) is 5.96 Å². The van der Waals surface area contributed by atoms with Crippen molar-refractivity contribution in [2.24, 2.45) is 4.99 Å². The summed E-state index contributed by atoms with van der Waals surface area (Å²) in [6, 6.07) is 4.17. The molecule has 22 heavy (non-hydrogen) atoms. The van der Waals surface area contributed by atoms with Crippen LogP contribution >= 0.6 is 35.3 Å². The van der Waals surface area contributed by atoms with E-state index in [1.165, 1.54) is 11.3 Å². The van der Waals surface area contributed by atoms with Crippen LogP contribution in [-0.2, 0) is 0 Å². The van der Waals surface area contributed by atoms with E-state index in [4.69, 9.17) is 0 Å². The third-order valence-corrected chi connectivity index (χ3v) is 4.12. The van der Waals surface area contributed by atoms with Crippen LogP contribution in [0.15, 0.2) is 34.7 Å². The summed E-state index contributed by atoms with van der Waals surface area (Å²) in [6.45, 7) is 1.44. The van der Waals surface area contributed by atoms with E-state index in [0.717, 1.165) is 36.6 Å². The van der Waals surface area contributed by atoms with Gasteiger partial charge in [0.05, 0.1) is 4.88 Å². The van der Waals surface area contributed by atoms with Gasteiger partial charge in [-0.1, -0.05) is 18.2 Å². The van der Waals surface area contributed by atoms with Gasteiger partial charge in [0, 0.05) is 26.2 Å². The Bertz CT molecular complexity index is 494. The van der Waals surface area contributed by atoms with E-state index in [-0.39, 0.29) is 29.9 Å². The zero-order chi connectivity index (χ0) is 14.9. The molecule has 122 valence electrons. The van der Waals surface area contributed by atoms with Crippen molar-refractivity contribution in [3.63, 3.8) is 0 Å². The largest absolute Gasteiger partial charge is 0.356 e. The van der Waals surface area contributed by atoms with E-state index >= 15 is 0 Å². The molecule has 1 aliphatic rings. The summed E-state index contributed by atoms with van der Waals surface area (Å²) in [4.78, 5) is 16.7. The molecule has 0 spiro atoms. The summed E-state index contributed by atoms with van der Waals surface area (Å²) in [5.74, 6) is 0.831. The van der Waals surface area contributed by atoms with Gasteiger partial charge in [-0.05, 0) is 30.7 Å². The third kappa shape index (κ3) is 6.35. The molecule has 0 fully saturated rings. The highest BCUT2D eigenvalue weighted by Crippen LogP contribution is 2.08. The lowest BCUT2D eigenvalue weighted by Gasteiger charge is -2.16. The summed E-state index contributed by atoms with van der Waals surface area (Å²) in [5, 5.41) is 11.5. The Labute approximate surface area is 152 Å². The molecule has 0 aliphatic heterocycles. The van der Waals surface area contributed by atoms with Gasteiger partial charge in [-0.3, -0.25) is 9.79 Å². The average molecular weight is 434 g/mol. The van der Waals surface area contributed by atoms with Crippen molar-refractivity contribution in [2.75, 3.05) is 20.1 Å². The fourth-order valence-electron chi connectivity index (χ4n) is 2.12. The molecule has 1 amide bonds. The molecule has 0 saturated carbocycles. The van der Waals surface area contributed by atoms with Gasteiger partial charge in [-0.15, -0.1) is 35.3 Å². The number of nitrogens with zero attached hydrogens (tertiary/aromatic N) is 1. The molecule has 5 nitrogen and oxygen atoms in total. The molecule has 0 atom stereocenters. The molecule has 1 aromatic rings. The molecule has 2 rings (SSSR count). The van der Waals surface area contributed by atoms with Crippen LogP contribution in [0.5, 0.6) is 0 Å².